The van der Waals surface area contributed by atoms with Crippen molar-refractivity contribution in [2.75, 3.05) is 0 Å². The first-order valence-corrected chi connectivity index (χ1v) is 12.2. The maximum Gasteiger partial charge on any atom is 0.251 e. The number of carbonyl (C=O) groups is 1. The van der Waals surface area contributed by atoms with Gasteiger partial charge in [0, 0.05) is 40.6 Å². The summed E-state index contributed by atoms with van der Waals surface area (Å²) in [4.78, 5) is 26.3. The molecule has 0 saturated heterocycles. The lowest BCUT2D eigenvalue weighted by Gasteiger charge is -2.37. The van der Waals surface area contributed by atoms with Crippen molar-refractivity contribution in [1.29, 1.82) is 0 Å². The number of amides is 1. The number of benzene rings is 1. The van der Waals surface area contributed by atoms with E-state index in [9.17, 15) is 9.90 Å². The summed E-state index contributed by atoms with van der Waals surface area (Å²) in [6.45, 7) is 2.33. The second kappa shape index (κ2) is 8.83. The topological polar surface area (TPSA) is 122 Å². The first-order chi connectivity index (χ1) is 17.5. The summed E-state index contributed by atoms with van der Waals surface area (Å²) in [5.41, 5.74) is 4.69. The highest BCUT2D eigenvalue weighted by Crippen LogP contribution is 2.32. The normalized spacial score (nSPS) is 20.1. The van der Waals surface area contributed by atoms with Gasteiger partial charge in [-0.25, -0.2) is 9.97 Å². The van der Waals surface area contributed by atoms with Gasteiger partial charge in [-0.3, -0.25) is 14.9 Å². The van der Waals surface area contributed by atoms with E-state index >= 15 is 0 Å². The van der Waals surface area contributed by atoms with Crippen molar-refractivity contribution in [2.24, 2.45) is 0 Å². The first-order valence-electron chi connectivity index (χ1n) is 12.2. The number of pyridine rings is 2. The van der Waals surface area contributed by atoms with Crippen LogP contribution in [0.2, 0.25) is 0 Å². The molecule has 9 nitrogen and oxygen atoms in total. The third-order valence-electron chi connectivity index (χ3n) is 6.99. The highest BCUT2D eigenvalue weighted by Gasteiger charge is 2.36. The van der Waals surface area contributed by atoms with Crippen LogP contribution in [0.4, 0.5) is 0 Å². The third kappa shape index (κ3) is 4.22. The van der Waals surface area contributed by atoms with Gasteiger partial charge in [-0.05, 0) is 75.1 Å². The van der Waals surface area contributed by atoms with Crippen molar-refractivity contribution >= 4 is 28.0 Å². The number of aliphatic hydroxyl groups is 1. The predicted molar refractivity (Wildman–Crippen MR) is 136 cm³/mol. The molecule has 1 aliphatic carbocycles. The molecule has 36 heavy (non-hydrogen) atoms. The van der Waals surface area contributed by atoms with E-state index in [-0.39, 0.29) is 11.9 Å². The number of hydrogen-bond donors (Lipinski definition) is 3. The molecule has 4 heterocycles. The Labute approximate surface area is 207 Å². The van der Waals surface area contributed by atoms with Crippen molar-refractivity contribution in [3.8, 4) is 11.3 Å². The van der Waals surface area contributed by atoms with Gasteiger partial charge < -0.3 is 15.0 Å². The van der Waals surface area contributed by atoms with Crippen LogP contribution in [0, 0.1) is 6.92 Å². The van der Waals surface area contributed by atoms with Crippen LogP contribution in [-0.2, 0) is 6.54 Å². The van der Waals surface area contributed by atoms with Crippen LogP contribution in [0.25, 0.3) is 33.3 Å². The summed E-state index contributed by atoms with van der Waals surface area (Å²) >= 11 is 0. The summed E-state index contributed by atoms with van der Waals surface area (Å²) < 4.78 is 1.90. The minimum Gasteiger partial charge on any atom is -0.388 e. The minimum absolute atomic E-state index is 0.124. The Morgan fingerprint density at radius 3 is 3.00 bits per heavy atom. The molecule has 6 rings (SSSR count). The standard InChI is InChI=1S/C27H27N7O2/c1-17-12-18(8-11-28-17)24-21-13-19(6-7-22(21)32-33-24)26(35)31-20-4-2-9-27(36,14-20)15-34-16-30-23-5-3-10-29-25(23)34/h3,5-8,10-13,16,20,36H,2,4,9,14-15H2,1H3,(H,31,35)(H,32,33)/t20-,27+/m0/s1. The number of hydrogen-bond acceptors (Lipinski definition) is 6. The summed E-state index contributed by atoms with van der Waals surface area (Å²) in [6, 6.07) is 13.1. The molecule has 0 bridgehead atoms. The van der Waals surface area contributed by atoms with Crippen LogP contribution < -0.4 is 5.32 Å². The second-order valence-electron chi connectivity index (χ2n) is 9.73. The van der Waals surface area contributed by atoms with Gasteiger partial charge >= 0.3 is 0 Å². The Bertz CT molecular complexity index is 1570. The largest absolute Gasteiger partial charge is 0.388 e. The molecule has 0 unspecified atom stereocenters. The monoisotopic (exact) mass is 481 g/mol. The van der Waals surface area contributed by atoms with Crippen LogP contribution in [0.3, 0.4) is 0 Å². The number of aryl methyl sites for hydroxylation is 1. The van der Waals surface area contributed by atoms with E-state index < -0.39 is 5.60 Å². The molecule has 9 heteroatoms. The highest BCUT2D eigenvalue weighted by atomic mass is 16.3. The van der Waals surface area contributed by atoms with Crippen LogP contribution >= 0.6 is 0 Å². The van der Waals surface area contributed by atoms with Crippen molar-refractivity contribution in [1.82, 2.24) is 35.0 Å². The quantitative estimate of drug-likeness (QED) is 0.351. The molecule has 1 aromatic carbocycles. The highest BCUT2D eigenvalue weighted by molar-refractivity contribution is 6.01. The lowest BCUT2D eigenvalue weighted by atomic mass is 9.81. The van der Waals surface area contributed by atoms with Gasteiger partial charge in [0.2, 0.25) is 0 Å². The lowest BCUT2D eigenvalue weighted by Crippen LogP contribution is -2.47. The number of nitrogens with zero attached hydrogens (tertiary/aromatic N) is 5. The van der Waals surface area contributed by atoms with Gasteiger partial charge in [0.25, 0.3) is 5.91 Å². The number of aromatic amines is 1. The van der Waals surface area contributed by atoms with E-state index in [1.807, 2.05) is 47.9 Å². The first kappa shape index (κ1) is 22.4. The molecule has 3 N–H and O–H groups in total. The molecule has 0 spiro atoms. The Balaban J connectivity index is 1.20. The van der Waals surface area contributed by atoms with E-state index in [4.69, 9.17) is 0 Å². The summed E-state index contributed by atoms with van der Waals surface area (Å²) in [7, 11) is 0. The molecular weight excluding hydrogens is 454 g/mol. The molecule has 5 aromatic rings. The lowest BCUT2D eigenvalue weighted by molar-refractivity contribution is -0.0204. The van der Waals surface area contributed by atoms with Crippen molar-refractivity contribution < 1.29 is 9.90 Å². The van der Waals surface area contributed by atoms with E-state index in [2.05, 4.69) is 30.5 Å². The van der Waals surface area contributed by atoms with Crippen LogP contribution in [-0.4, -0.2) is 52.4 Å². The molecule has 182 valence electrons. The maximum atomic E-state index is 13.2. The van der Waals surface area contributed by atoms with Gasteiger partial charge in [0.1, 0.15) is 11.2 Å². The van der Waals surface area contributed by atoms with Crippen molar-refractivity contribution in [3.63, 3.8) is 0 Å². The molecule has 1 fully saturated rings. The third-order valence-corrected chi connectivity index (χ3v) is 6.99. The van der Waals surface area contributed by atoms with Crippen LogP contribution in [0.5, 0.6) is 0 Å². The fraction of sp³-hybridized carbons (Fsp3) is 0.296. The molecule has 1 aliphatic rings. The Kier molecular flexibility index (Phi) is 5.49. The van der Waals surface area contributed by atoms with Gasteiger partial charge in [-0.1, -0.05) is 0 Å². The Morgan fingerprint density at radius 2 is 2.11 bits per heavy atom. The molecule has 2 atom stereocenters. The van der Waals surface area contributed by atoms with Crippen LogP contribution in [0.1, 0.15) is 41.7 Å². The van der Waals surface area contributed by atoms with Gasteiger partial charge in [-0.2, -0.15) is 5.10 Å². The fourth-order valence-corrected chi connectivity index (χ4v) is 5.27. The van der Waals surface area contributed by atoms with E-state index in [1.165, 1.54) is 0 Å². The Morgan fingerprint density at radius 1 is 1.19 bits per heavy atom. The maximum absolute atomic E-state index is 13.2. The fourth-order valence-electron chi connectivity index (χ4n) is 5.27. The summed E-state index contributed by atoms with van der Waals surface area (Å²) in [5, 5.41) is 23.0. The minimum atomic E-state index is -0.942. The number of imidazole rings is 1. The smallest absolute Gasteiger partial charge is 0.251 e. The van der Waals surface area contributed by atoms with Gasteiger partial charge in [0.05, 0.1) is 24.0 Å². The average Bonchev–Trinajstić information content (AvgIpc) is 3.48. The molecule has 0 radical (unpaired) electrons. The zero-order valence-corrected chi connectivity index (χ0v) is 20.0. The number of rotatable bonds is 5. The summed E-state index contributed by atoms with van der Waals surface area (Å²) in [6.07, 6.45) is 8.00. The van der Waals surface area contributed by atoms with Crippen molar-refractivity contribution in [2.45, 2.75) is 50.8 Å². The Hall–Kier alpha value is -4.11. The van der Waals surface area contributed by atoms with Gasteiger partial charge in [0.15, 0.2) is 5.65 Å². The molecule has 0 aliphatic heterocycles. The molecule has 4 aromatic heterocycles. The van der Waals surface area contributed by atoms with E-state index in [0.29, 0.717) is 24.9 Å². The van der Waals surface area contributed by atoms with Gasteiger partial charge in [-0.15, -0.1) is 0 Å². The molecule has 1 amide bonds. The molecular formula is C27H27N7O2. The summed E-state index contributed by atoms with van der Waals surface area (Å²) in [5.74, 6) is -0.154. The van der Waals surface area contributed by atoms with Crippen LogP contribution in [0.15, 0.2) is 61.2 Å². The number of H-pyrrole nitrogens is 1. The average molecular weight is 482 g/mol. The zero-order valence-electron chi connectivity index (χ0n) is 20.0. The van der Waals surface area contributed by atoms with E-state index in [0.717, 1.165) is 51.9 Å². The van der Waals surface area contributed by atoms with Crippen molar-refractivity contribution in [3.05, 3.63) is 72.4 Å². The zero-order chi connectivity index (χ0) is 24.7. The number of aromatic nitrogens is 6. The predicted octanol–water partition coefficient (Wildman–Crippen LogP) is 3.78. The number of nitrogens with one attached hydrogen (secondary N) is 2. The second-order valence-corrected chi connectivity index (χ2v) is 9.73. The number of fused-ring (bicyclic) bond motifs is 2. The number of carbonyl (C=O) groups excluding carboxylic acids is 1. The van der Waals surface area contributed by atoms with E-state index in [1.54, 1.807) is 24.8 Å². The SMILES string of the molecule is Cc1cc(-c2n[nH]c3ccc(C(=O)N[C@H]4CCC[C@](O)(Cn5cnc6cccnc65)C4)cc23)ccn1. The molecule has 1 saturated carbocycles.